The van der Waals surface area contributed by atoms with E-state index in [1.165, 1.54) is 11.1 Å². The topological polar surface area (TPSA) is 58.6 Å². The standard InChI is InChI=1S/C23H28N2O3/c1-3-28-22(26)18-11-13-20(14-12-18)24-23(27)25-15-6-4-5-10-21(25)19-9-7-8-17(2)16-19/h7-9,11-14,16,21H,3-6,10,15H2,1-2H3,(H,24,27). The van der Waals surface area contributed by atoms with E-state index in [4.69, 9.17) is 4.74 Å². The monoisotopic (exact) mass is 380 g/mol. The van der Waals surface area contributed by atoms with Gasteiger partial charge in [-0.1, -0.05) is 42.7 Å². The van der Waals surface area contributed by atoms with Gasteiger partial charge in [0.2, 0.25) is 0 Å². The minimum absolute atomic E-state index is 0.0844. The summed E-state index contributed by atoms with van der Waals surface area (Å²) < 4.78 is 5.00. The van der Waals surface area contributed by atoms with Gasteiger partial charge in [0, 0.05) is 12.2 Å². The van der Waals surface area contributed by atoms with Gasteiger partial charge in [0.1, 0.15) is 0 Å². The predicted molar refractivity (Wildman–Crippen MR) is 111 cm³/mol. The summed E-state index contributed by atoms with van der Waals surface area (Å²) >= 11 is 0. The lowest BCUT2D eigenvalue weighted by Gasteiger charge is -2.31. The van der Waals surface area contributed by atoms with Crippen LogP contribution in [0.4, 0.5) is 10.5 Å². The molecule has 0 radical (unpaired) electrons. The summed E-state index contributed by atoms with van der Waals surface area (Å²) in [6.07, 6.45) is 4.24. The number of carbonyl (C=O) groups excluding carboxylic acids is 2. The fourth-order valence-electron chi connectivity index (χ4n) is 3.67. The molecule has 1 fully saturated rings. The molecule has 5 heteroatoms. The molecular formula is C23H28N2O3. The number of rotatable bonds is 4. The van der Waals surface area contributed by atoms with Gasteiger partial charge >= 0.3 is 12.0 Å². The first-order chi connectivity index (χ1) is 13.6. The fourth-order valence-corrected chi connectivity index (χ4v) is 3.67. The van der Waals surface area contributed by atoms with Crippen molar-refractivity contribution in [2.45, 2.75) is 45.6 Å². The van der Waals surface area contributed by atoms with Crippen LogP contribution in [0.5, 0.6) is 0 Å². The Bertz CT molecular complexity index is 817. The normalized spacial score (nSPS) is 16.9. The Hall–Kier alpha value is -2.82. The van der Waals surface area contributed by atoms with E-state index in [1.54, 1.807) is 31.2 Å². The van der Waals surface area contributed by atoms with Crippen LogP contribution in [0.3, 0.4) is 0 Å². The number of nitrogens with zero attached hydrogens (tertiary/aromatic N) is 1. The van der Waals surface area contributed by atoms with Crippen molar-refractivity contribution < 1.29 is 14.3 Å². The fraction of sp³-hybridized carbons (Fsp3) is 0.391. The van der Waals surface area contributed by atoms with Crippen LogP contribution in [0.1, 0.15) is 60.1 Å². The second-order valence-corrected chi connectivity index (χ2v) is 7.20. The van der Waals surface area contributed by atoms with Gasteiger partial charge < -0.3 is 15.0 Å². The lowest BCUT2D eigenvalue weighted by molar-refractivity contribution is 0.0526. The van der Waals surface area contributed by atoms with Crippen molar-refractivity contribution in [3.8, 4) is 0 Å². The van der Waals surface area contributed by atoms with Gasteiger partial charge in [-0.05, 0) is 56.5 Å². The number of urea groups is 1. The quantitative estimate of drug-likeness (QED) is 0.730. The van der Waals surface area contributed by atoms with Crippen molar-refractivity contribution in [1.29, 1.82) is 0 Å². The Morgan fingerprint density at radius 3 is 2.61 bits per heavy atom. The molecule has 5 nitrogen and oxygen atoms in total. The summed E-state index contributed by atoms with van der Waals surface area (Å²) in [5.74, 6) is -0.354. The summed E-state index contributed by atoms with van der Waals surface area (Å²) in [6.45, 7) is 4.94. The summed E-state index contributed by atoms with van der Waals surface area (Å²) in [5.41, 5.74) is 3.55. The molecule has 0 aliphatic carbocycles. The number of benzene rings is 2. The highest BCUT2D eigenvalue weighted by molar-refractivity contribution is 5.92. The Morgan fingerprint density at radius 2 is 1.89 bits per heavy atom. The van der Waals surface area contributed by atoms with E-state index in [-0.39, 0.29) is 18.0 Å². The highest BCUT2D eigenvalue weighted by atomic mass is 16.5. The second kappa shape index (κ2) is 9.40. The number of ether oxygens (including phenoxy) is 1. The molecule has 1 aliphatic heterocycles. The van der Waals surface area contributed by atoms with Gasteiger partial charge in [0.15, 0.2) is 0 Å². The first-order valence-corrected chi connectivity index (χ1v) is 10.00. The number of amides is 2. The zero-order valence-electron chi connectivity index (χ0n) is 16.6. The number of esters is 1. The minimum Gasteiger partial charge on any atom is -0.462 e. The Kier molecular flexibility index (Phi) is 6.69. The molecule has 1 aliphatic rings. The smallest absolute Gasteiger partial charge is 0.338 e. The third-order valence-corrected chi connectivity index (χ3v) is 5.09. The Labute approximate surface area is 166 Å². The molecule has 148 valence electrons. The maximum Gasteiger partial charge on any atom is 0.338 e. The van der Waals surface area contributed by atoms with Crippen LogP contribution in [0.25, 0.3) is 0 Å². The number of likely N-dealkylation sites (tertiary alicyclic amines) is 1. The SMILES string of the molecule is CCOC(=O)c1ccc(NC(=O)N2CCCCCC2c2cccc(C)c2)cc1. The highest BCUT2D eigenvalue weighted by Crippen LogP contribution is 2.31. The van der Waals surface area contributed by atoms with E-state index in [0.29, 0.717) is 17.9 Å². The van der Waals surface area contributed by atoms with E-state index in [1.807, 2.05) is 4.90 Å². The molecule has 1 atom stereocenters. The lowest BCUT2D eigenvalue weighted by Crippen LogP contribution is -2.38. The number of anilines is 1. The average molecular weight is 380 g/mol. The van der Waals surface area contributed by atoms with Gasteiger partial charge in [-0.15, -0.1) is 0 Å². The van der Waals surface area contributed by atoms with Crippen molar-refractivity contribution >= 4 is 17.7 Å². The third kappa shape index (κ3) is 4.91. The molecule has 2 aromatic carbocycles. The van der Waals surface area contributed by atoms with Crippen LogP contribution >= 0.6 is 0 Å². The van der Waals surface area contributed by atoms with Crippen molar-refractivity contribution in [2.24, 2.45) is 0 Å². The number of hydrogen-bond donors (Lipinski definition) is 1. The van der Waals surface area contributed by atoms with Crippen molar-refractivity contribution in [3.05, 3.63) is 65.2 Å². The predicted octanol–water partition coefficient (Wildman–Crippen LogP) is 5.32. The van der Waals surface area contributed by atoms with Crippen LogP contribution in [-0.2, 0) is 4.74 Å². The maximum absolute atomic E-state index is 13.0. The van der Waals surface area contributed by atoms with Gasteiger partial charge in [-0.3, -0.25) is 0 Å². The molecule has 2 aromatic rings. The van der Waals surface area contributed by atoms with E-state index in [0.717, 1.165) is 32.2 Å². The summed E-state index contributed by atoms with van der Waals surface area (Å²) in [7, 11) is 0. The molecule has 1 unspecified atom stereocenters. The van der Waals surface area contributed by atoms with Gasteiger partial charge in [-0.2, -0.15) is 0 Å². The van der Waals surface area contributed by atoms with E-state index in [2.05, 4.69) is 36.5 Å². The zero-order valence-corrected chi connectivity index (χ0v) is 16.6. The Morgan fingerprint density at radius 1 is 1.11 bits per heavy atom. The molecule has 1 heterocycles. The number of nitrogens with one attached hydrogen (secondary N) is 1. The molecule has 0 spiro atoms. The van der Waals surface area contributed by atoms with Crippen LogP contribution in [0.2, 0.25) is 0 Å². The van der Waals surface area contributed by atoms with Gasteiger partial charge in [-0.25, -0.2) is 9.59 Å². The summed E-state index contributed by atoms with van der Waals surface area (Å²) in [4.78, 5) is 26.8. The summed E-state index contributed by atoms with van der Waals surface area (Å²) in [5, 5.41) is 2.99. The molecule has 3 rings (SSSR count). The minimum atomic E-state index is -0.354. The molecule has 0 saturated carbocycles. The first kappa shape index (κ1) is 19.9. The molecule has 0 bridgehead atoms. The third-order valence-electron chi connectivity index (χ3n) is 5.09. The molecule has 2 amide bonds. The molecular weight excluding hydrogens is 352 g/mol. The van der Waals surface area contributed by atoms with Crippen LogP contribution in [-0.4, -0.2) is 30.1 Å². The molecule has 0 aromatic heterocycles. The van der Waals surface area contributed by atoms with E-state index >= 15 is 0 Å². The van der Waals surface area contributed by atoms with Gasteiger partial charge in [0.25, 0.3) is 0 Å². The highest BCUT2D eigenvalue weighted by Gasteiger charge is 2.27. The molecule has 1 N–H and O–H groups in total. The van der Waals surface area contributed by atoms with Crippen molar-refractivity contribution in [3.63, 3.8) is 0 Å². The van der Waals surface area contributed by atoms with Crippen LogP contribution in [0, 0.1) is 6.92 Å². The van der Waals surface area contributed by atoms with Gasteiger partial charge in [0.05, 0.1) is 18.2 Å². The Balaban J connectivity index is 1.74. The van der Waals surface area contributed by atoms with Crippen molar-refractivity contribution in [1.82, 2.24) is 4.90 Å². The number of aryl methyl sites for hydroxylation is 1. The lowest BCUT2D eigenvalue weighted by atomic mass is 9.99. The van der Waals surface area contributed by atoms with Crippen LogP contribution in [0.15, 0.2) is 48.5 Å². The largest absolute Gasteiger partial charge is 0.462 e. The number of hydrogen-bond acceptors (Lipinski definition) is 3. The zero-order chi connectivity index (χ0) is 19.9. The number of carbonyl (C=O) groups is 2. The van der Waals surface area contributed by atoms with Crippen LogP contribution < -0.4 is 5.32 Å². The molecule has 28 heavy (non-hydrogen) atoms. The molecule has 1 saturated heterocycles. The first-order valence-electron chi connectivity index (χ1n) is 10.00. The summed E-state index contributed by atoms with van der Waals surface area (Å²) in [6, 6.07) is 15.2. The van der Waals surface area contributed by atoms with Crippen molar-refractivity contribution in [2.75, 3.05) is 18.5 Å². The van der Waals surface area contributed by atoms with E-state index in [9.17, 15) is 9.59 Å². The maximum atomic E-state index is 13.0. The second-order valence-electron chi connectivity index (χ2n) is 7.20. The van der Waals surface area contributed by atoms with E-state index < -0.39 is 0 Å². The average Bonchev–Trinajstić information content (AvgIpc) is 2.95.